The van der Waals surface area contributed by atoms with Gasteiger partial charge in [-0.25, -0.2) is 0 Å². The van der Waals surface area contributed by atoms with Gasteiger partial charge in [0.05, 0.1) is 5.75 Å². The zero-order valence-corrected chi connectivity index (χ0v) is 19.7. The molecular weight excluding hydrogens is 416 g/mol. The first-order valence-electron chi connectivity index (χ1n) is 10.3. The lowest BCUT2D eigenvalue weighted by Gasteiger charge is -2.29. The molecule has 2 atom stereocenters. The van der Waals surface area contributed by atoms with E-state index in [1.54, 1.807) is 35.7 Å². The van der Waals surface area contributed by atoms with Gasteiger partial charge in [-0.15, -0.1) is 11.8 Å². The number of rotatable bonds is 10. The Hall–Kier alpha value is -1.98. The second kappa shape index (κ2) is 12.0. The molecule has 0 saturated heterocycles. The molecule has 30 heavy (non-hydrogen) atoms. The van der Waals surface area contributed by atoms with Crippen LogP contribution in [0.3, 0.4) is 0 Å². The number of nitrogens with zero attached hydrogens (tertiary/aromatic N) is 1. The van der Waals surface area contributed by atoms with Crippen LogP contribution in [0.1, 0.15) is 43.9 Å². The van der Waals surface area contributed by atoms with Crippen LogP contribution in [-0.2, 0) is 21.9 Å². The second-order valence-corrected chi connectivity index (χ2v) is 9.04. The Morgan fingerprint density at radius 1 is 1.03 bits per heavy atom. The molecule has 0 aromatic heterocycles. The molecule has 1 N–H and O–H groups in total. The lowest BCUT2D eigenvalue weighted by Crippen LogP contribution is -2.50. The Morgan fingerprint density at radius 2 is 1.63 bits per heavy atom. The molecule has 4 nitrogen and oxygen atoms in total. The van der Waals surface area contributed by atoms with Crippen molar-refractivity contribution < 1.29 is 9.59 Å². The van der Waals surface area contributed by atoms with E-state index in [-0.39, 0.29) is 17.9 Å². The van der Waals surface area contributed by atoms with Gasteiger partial charge in [0, 0.05) is 23.4 Å². The van der Waals surface area contributed by atoms with E-state index in [1.165, 1.54) is 11.1 Å². The van der Waals surface area contributed by atoms with Crippen LogP contribution < -0.4 is 5.32 Å². The average Bonchev–Trinajstić information content (AvgIpc) is 2.74. The van der Waals surface area contributed by atoms with Crippen LogP contribution in [0.2, 0.25) is 5.02 Å². The maximum Gasteiger partial charge on any atom is 0.242 e. The third-order valence-electron chi connectivity index (χ3n) is 5.05. The van der Waals surface area contributed by atoms with Crippen LogP contribution in [0, 0.1) is 6.92 Å². The van der Waals surface area contributed by atoms with Crippen molar-refractivity contribution in [2.24, 2.45) is 0 Å². The minimum atomic E-state index is -0.554. The molecule has 0 bridgehead atoms. The maximum atomic E-state index is 13.1. The van der Waals surface area contributed by atoms with Gasteiger partial charge in [-0.2, -0.15) is 0 Å². The summed E-state index contributed by atoms with van der Waals surface area (Å²) in [5.41, 5.74) is 3.35. The maximum absolute atomic E-state index is 13.1. The first-order chi connectivity index (χ1) is 14.3. The number of benzene rings is 2. The summed E-state index contributed by atoms with van der Waals surface area (Å²) in [6.07, 6.45) is 0.843. The van der Waals surface area contributed by atoms with Crippen molar-refractivity contribution in [1.82, 2.24) is 10.2 Å². The normalized spacial score (nSPS) is 12.8. The molecule has 0 radical (unpaired) electrons. The molecule has 2 aromatic carbocycles. The summed E-state index contributed by atoms with van der Waals surface area (Å²) < 4.78 is 0. The molecule has 0 heterocycles. The van der Waals surface area contributed by atoms with Gasteiger partial charge in [-0.3, -0.25) is 9.59 Å². The van der Waals surface area contributed by atoms with Gasteiger partial charge < -0.3 is 10.2 Å². The first kappa shape index (κ1) is 24.3. The second-order valence-electron chi connectivity index (χ2n) is 7.62. The van der Waals surface area contributed by atoms with Gasteiger partial charge in [0.2, 0.25) is 11.8 Å². The molecule has 2 amide bonds. The van der Waals surface area contributed by atoms with Gasteiger partial charge in [0.1, 0.15) is 6.04 Å². The molecule has 0 saturated carbocycles. The Bertz CT molecular complexity index is 824. The van der Waals surface area contributed by atoms with Gasteiger partial charge in [-0.05, 0) is 50.5 Å². The quantitative estimate of drug-likeness (QED) is 0.544. The summed E-state index contributed by atoms with van der Waals surface area (Å²) in [4.78, 5) is 27.4. The summed E-state index contributed by atoms with van der Waals surface area (Å²) >= 11 is 7.55. The van der Waals surface area contributed by atoms with Crippen molar-refractivity contribution in [2.75, 3.05) is 5.75 Å². The summed E-state index contributed by atoms with van der Waals surface area (Å²) in [7, 11) is 0. The number of carbonyl (C=O) groups is 2. The standard InChI is InChI=1S/C24H31ClN2O2S/c1-5-18(3)26-24(29)19(4)27(14-20-10-12-22(25)13-11-20)23(28)16-30-15-21-8-6-17(2)7-9-21/h6-13,18-19H,5,14-16H2,1-4H3,(H,26,29)/t18-,19-/m0/s1. The van der Waals surface area contributed by atoms with Crippen LogP contribution in [0.25, 0.3) is 0 Å². The summed E-state index contributed by atoms with van der Waals surface area (Å²) in [5, 5.41) is 3.63. The number of amides is 2. The highest BCUT2D eigenvalue weighted by molar-refractivity contribution is 7.99. The fraction of sp³-hybridized carbons (Fsp3) is 0.417. The SMILES string of the molecule is CC[C@H](C)NC(=O)[C@H](C)N(Cc1ccc(Cl)cc1)C(=O)CSCc1ccc(C)cc1. The largest absolute Gasteiger partial charge is 0.352 e. The number of hydrogen-bond acceptors (Lipinski definition) is 3. The average molecular weight is 447 g/mol. The third kappa shape index (κ3) is 7.69. The van der Waals surface area contributed by atoms with Gasteiger partial charge in [0.15, 0.2) is 0 Å². The highest BCUT2D eigenvalue weighted by atomic mass is 35.5. The predicted octanol–water partition coefficient (Wildman–Crippen LogP) is 5.21. The van der Waals surface area contributed by atoms with Crippen molar-refractivity contribution in [1.29, 1.82) is 0 Å². The van der Waals surface area contributed by atoms with Crippen LogP contribution in [-0.4, -0.2) is 34.6 Å². The predicted molar refractivity (Wildman–Crippen MR) is 127 cm³/mol. The van der Waals surface area contributed by atoms with Crippen molar-refractivity contribution in [3.05, 3.63) is 70.2 Å². The van der Waals surface area contributed by atoms with Gasteiger partial charge in [-0.1, -0.05) is 60.5 Å². The summed E-state index contributed by atoms with van der Waals surface area (Å²) in [6, 6.07) is 15.2. The van der Waals surface area contributed by atoms with Crippen molar-refractivity contribution >= 4 is 35.2 Å². The summed E-state index contributed by atoms with van der Waals surface area (Å²) in [5.74, 6) is 0.903. The number of nitrogens with one attached hydrogen (secondary N) is 1. The molecule has 2 aromatic rings. The van der Waals surface area contributed by atoms with E-state index >= 15 is 0 Å². The number of hydrogen-bond donors (Lipinski definition) is 1. The zero-order valence-electron chi connectivity index (χ0n) is 18.2. The van der Waals surface area contributed by atoms with Crippen LogP contribution in [0.15, 0.2) is 48.5 Å². The molecule has 0 spiro atoms. The molecule has 162 valence electrons. The third-order valence-corrected chi connectivity index (χ3v) is 6.29. The Morgan fingerprint density at radius 3 is 2.23 bits per heavy atom. The topological polar surface area (TPSA) is 49.4 Å². The first-order valence-corrected chi connectivity index (χ1v) is 11.8. The number of halogens is 1. The number of carbonyl (C=O) groups excluding carboxylic acids is 2. The number of aryl methyl sites for hydroxylation is 1. The fourth-order valence-corrected chi connectivity index (χ4v) is 3.85. The molecule has 0 aliphatic carbocycles. The Balaban J connectivity index is 2.06. The lowest BCUT2D eigenvalue weighted by molar-refractivity contribution is -0.138. The molecule has 0 fully saturated rings. The van der Waals surface area contributed by atoms with Crippen molar-refractivity contribution in [3.63, 3.8) is 0 Å². The highest BCUT2D eigenvalue weighted by Gasteiger charge is 2.26. The molecule has 2 rings (SSSR count). The minimum Gasteiger partial charge on any atom is -0.352 e. The molecule has 0 unspecified atom stereocenters. The van der Waals surface area contributed by atoms with E-state index in [2.05, 4.69) is 36.5 Å². The van der Waals surface area contributed by atoms with E-state index < -0.39 is 6.04 Å². The zero-order chi connectivity index (χ0) is 22.1. The van der Waals surface area contributed by atoms with Crippen LogP contribution in [0.4, 0.5) is 0 Å². The van der Waals surface area contributed by atoms with E-state index in [0.29, 0.717) is 17.3 Å². The van der Waals surface area contributed by atoms with Gasteiger partial charge >= 0.3 is 0 Å². The van der Waals surface area contributed by atoms with Crippen molar-refractivity contribution in [2.45, 2.75) is 58.5 Å². The molecule has 0 aliphatic heterocycles. The lowest BCUT2D eigenvalue weighted by atomic mass is 10.1. The van der Waals surface area contributed by atoms with Crippen molar-refractivity contribution in [3.8, 4) is 0 Å². The highest BCUT2D eigenvalue weighted by Crippen LogP contribution is 2.17. The van der Waals surface area contributed by atoms with Gasteiger partial charge in [0.25, 0.3) is 0 Å². The van der Waals surface area contributed by atoms with E-state index in [4.69, 9.17) is 11.6 Å². The van der Waals surface area contributed by atoms with E-state index in [0.717, 1.165) is 17.7 Å². The van der Waals surface area contributed by atoms with E-state index in [9.17, 15) is 9.59 Å². The van der Waals surface area contributed by atoms with Crippen LogP contribution in [0.5, 0.6) is 0 Å². The Labute approximate surface area is 189 Å². The van der Waals surface area contributed by atoms with Crippen LogP contribution >= 0.6 is 23.4 Å². The van der Waals surface area contributed by atoms with E-state index in [1.807, 2.05) is 26.0 Å². The molecular formula is C24H31ClN2O2S. The fourth-order valence-electron chi connectivity index (χ4n) is 2.86. The molecule has 0 aliphatic rings. The minimum absolute atomic E-state index is 0.0473. The summed E-state index contributed by atoms with van der Waals surface area (Å²) in [6.45, 7) is 8.20. The smallest absolute Gasteiger partial charge is 0.242 e. The monoisotopic (exact) mass is 446 g/mol. The number of thioether (sulfide) groups is 1. The molecule has 6 heteroatoms. The Kier molecular flexibility index (Phi) is 9.73.